The third-order valence-corrected chi connectivity index (χ3v) is 3.04. The highest BCUT2D eigenvalue weighted by atomic mass is 16.3. The molecule has 1 atom stereocenters. The maximum absolute atomic E-state index is 11.9. The van der Waals surface area contributed by atoms with Crippen molar-refractivity contribution in [2.24, 2.45) is 0 Å². The highest BCUT2D eigenvalue weighted by molar-refractivity contribution is 5.97. The van der Waals surface area contributed by atoms with E-state index in [1.807, 2.05) is 6.92 Å². The first-order valence-electron chi connectivity index (χ1n) is 6.22. The fraction of sp³-hybridized carbons (Fsp3) is 0.429. The van der Waals surface area contributed by atoms with Crippen molar-refractivity contribution < 1.29 is 14.7 Å². The van der Waals surface area contributed by atoms with Gasteiger partial charge in [-0.25, -0.2) is 0 Å². The van der Waals surface area contributed by atoms with Crippen LogP contribution in [-0.2, 0) is 4.79 Å². The lowest BCUT2D eigenvalue weighted by Crippen LogP contribution is -2.45. The normalized spacial score (nSPS) is 11.8. The van der Waals surface area contributed by atoms with Gasteiger partial charge in [-0.15, -0.1) is 0 Å². The molecule has 0 aliphatic carbocycles. The van der Waals surface area contributed by atoms with Gasteiger partial charge in [0.2, 0.25) is 5.91 Å². The molecule has 1 aromatic carbocycles. The predicted octanol–water partition coefficient (Wildman–Crippen LogP) is 1.30. The highest BCUT2D eigenvalue weighted by Gasteiger charge is 2.19. The number of nitrogens with zero attached hydrogens (tertiary/aromatic N) is 1. The molecule has 1 rings (SSSR count). The Morgan fingerprint density at radius 1 is 1.42 bits per heavy atom. The summed E-state index contributed by atoms with van der Waals surface area (Å²) in [6, 6.07) is 4.08. The molecule has 104 valence electrons. The molecule has 0 heterocycles. The summed E-state index contributed by atoms with van der Waals surface area (Å²) in [4.78, 5) is 25.3. The molecule has 2 amide bonds. The lowest BCUT2D eigenvalue weighted by molar-refractivity contribution is -0.131. The van der Waals surface area contributed by atoms with E-state index in [0.29, 0.717) is 17.7 Å². The number of aromatic hydroxyl groups is 1. The molecule has 1 unspecified atom stereocenters. The molecule has 1 aromatic rings. The van der Waals surface area contributed by atoms with Crippen LogP contribution in [0.4, 0.5) is 0 Å². The number of hydrogen-bond donors (Lipinski definition) is 2. The second kappa shape index (κ2) is 6.22. The standard InChI is InChI=1S/C14H20N2O3/c1-5-16(4)14(19)10(3)15-13(18)11-7-6-9(2)12(17)8-11/h6-8,10,17H,5H2,1-4H3,(H,15,18). The first-order chi connectivity index (χ1) is 8.86. The quantitative estimate of drug-likeness (QED) is 0.861. The SMILES string of the molecule is CCN(C)C(=O)C(C)NC(=O)c1ccc(C)c(O)c1. The summed E-state index contributed by atoms with van der Waals surface area (Å²) in [6.45, 7) is 5.84. The van der Waals surface area contributed by atoms with Gasteiger partial charge >= 0.3 is 0 Å². The van der Waals surface area contributed by atoms with E-state index in [1.54, 1.807) is 33.0 Å². The molecule has 0 aliphatic heterocycles. The van der Waals surface area contributed by atoms with E-state index >= 15 is 0 Å². The van der Waals surface area contributed by atoms with Crippen molar-refractivity contribution in [3.8, 4) is 5.75 Å². The van der Waals surface area contributed by atoms with Crippen LogP contribution in [-0.4, -0.2) is 41.5 Å². The number of carbonyl (C=O) groups excluding carboxylic acids is 2. The van der Waals surface area contributed by atoms with Crippen LogP contribution in [0.2, 0.25) is 0 Å². The Labute approximate surface area is 113 Å². The molecule has 0 aliphatic rings. The van der Waals surface area contributed by atoms with Crippen LogP contribution in [0.1, 0.15) is 29.8 Å². The van der Waals surface area contributed by atoms with Crippen LogP contribution < -0.4 is 5.32 Å². The topological polar surface area (TPSA) is 69.6 Å². The first-order valence-corrected chi connectivity index (χ1v) is 6.22. The molecule has 5 nitrogen and oxygen atoms in total. The van der Waals surface area contributed by atoms with E-state index < -0.39 is 6.04 Å². The number of likely N-dealkylation sites (N-methyl/N-ethyl adjacent to an activating group) is 1. The fourth-order valence-electron chi connectivity index (χ4n) is 1.58. The average molecular weight is 264 g/mol. The van der Waals surface area contributed by atoms with Crippen molar-refractivity contribution in [1.82, 2.24) is 10.2 Å². The summed E-state index contributed by atoms with van der Waals surface area (Å²) >= 11 is 0. The van der Waals surface area contributed by atoms with Gasteiger partial charge in [0.15, 0.2) is 0 Å². The molecular formula is C14H20N2O3. The van der Waals surface area contributed by atoms with Crippen molar-refractivity contribution in [3.63, 3.8) is 0 Å². The Morgan fingerprint density at radius 2 is 2.05 bits per heavy atom. The largest absolute Gasteiger partial charge is 0.508 e. The molecule has 0 aromatic heterocycles. The van der Waals surface area contributed by atoms with Gasteiger partial charge in [0, 0.05) is 19.2 Å². The van der Waals surface area contributed by atoms with Crippen LogP contribution >= 0.6 is 0 Å². The van der Waals surface area contributed by atoms with Gasteiger partial charge in [0.05, 0.1) is 0 Å². The summed E-state index contributed by atoms with van der Waals surface area (Å²) < 4.78 is 0. The number of hydrogen-bond acceptors (Lipinski definition) is 3. The molecule has 5 heteroatoms. The zero-order chi connectivity index (χ0) is 14.6. The Balaban J connectivity index is 2.74. The van der Waals surface area contributed by atoms with E-state index in [2.05, 4.69) is 5.32 Å². The van der Waals surface area contributed by atoms with Gasteiger partial charge in [0.1, 0.15) is 11.8 Å². The van der Waals surface area contributed by atoms with E-state index in [1.165, 1.54) is 11.0 Å². The molecule has 2 N–H and O–H groups in total. The number of carbonyl (C=O) groups is 2. The van der Waals surface area contributed by atoms with Crippen molar-refractivity contribution >= 4 is 11.8 Å². The minimum atomic E-state index is -0.596. The summed E-state index contributed by atoms with van der Waals surface area (Å²) in [5.74, 6) is -0.454. The van der Waals surface area contributed by atoms with Crippen LogP contribution in [0.25, 0.3) is 0 Å². The fourth-order valence-corrected chi connectivity index (χ4v) is 1.58. The third-order valence-electron chi connectivity index (χ3n) is 3.04. The average Bonchev–Trinajstić information content (AvgIpc) is 2.39. The Morgan fingerprint density at radius 3 is 2.58 bits per heavy atom. The van der Waals surface area contributed by atoms with Gasteiger partial charge in [-0.3, -0.25) is 9.59 Å². The van der Waals surface area contributed by atoms with Crippen LogP contribution in [0, 0.1) is 6.92 Å². The van der Waals surface area contributed by atoms with Gasteiger partial charge < -0.3 is 15.3 Å². The zero-order valence-corrected chi connectivity index (χ0v) is 11.7. The molecule has 0 spiro atoms. The van der Waals surface area contributed by atoms with E-state index in [4.69, 9.17) is 0 Å². The van der Waals surface area contributed by atoms with Crippen molar-refractivity contribution in [2.45, 2.75) is 26.8 Å². The summed E-state index contributed by atoms with van der Waals surface area (Å²) in [7, 11) is 1.68. The second-order valence-electron chi connectivity index (χ2n) is 4.55. The minimum Gasteiger partial charge on any atom is -0.508 e. The molecule has 0 fully saturated rings. The number of nitrogens with one attached hydrogen (secondary N) is 1. The number of amides is 2. The molecule has 0 saturated heterocycles. The number of phenols is 1. The Bertz CT molecular complexity index is 486. The van der Waals surface area contributed by atoms with E-state index in [9.17, 15) is 14.7 Å². The number of phenolic OH excluding ortho intramolecular Hbond substituents is 1. The Hall–Kier alpha value is -2.04. The molecular weight excluding hydrogens is 244 g/mol. The second-order valence-corrected chi connectivity index (χ2v) is 4.55. The van der Waals surface area contributed by atoms with Gasteiger partial charge in [-0.1, -0.05) is 6.07 Å². The lowest BCUT2D eigenvalue weighted by atomic mass is 10.1. The summed E-state index contributed by atoms with van der Waals surface area (Å²) in [5, 5.41) is 12.2. The molecule has 0 saturated carbocycles. The smallest absolute Gasteiger partial charge is 0.252 e. The van der Waals surface area contributed by atoms with Crippen molar-refractivity contribution in [1.29, 1.82) is 0 Å². The van der Waals surface area contributed by atoms with Crippen LogP contribution in [0.15, 0.2) is 18.2 Å². The third kappa shape index (κ3) is 3.71. The predicted molar refractivity (Wildman–Crippen MR) is 73.1 cm³/mol. The minimum absolute atomic E-state index is 0.0669. The summed E-state index contributed by atoms with van der Waals surface area (Å²) in [5.41, 5.74) is 1.04. The maximum Gasteiger partial charge on any atom is 0.252 e. The van der Waals surface area contributed by atoms with Crippen molar-refractivity contribution in [2.75, 3.05) is 13.6 Å². The first kappa shape index (κ1) is 15.0. The maximum atomic E-state index is 11.9. The zero-order valence-electron chi connectivity index (χ0n) is 11.7. The van der Waals surface area contributed by atoms with Crippen LogP contribution in [0.5, 0.6) is 5.75 Å². The lowest BCUT2D eigenvalue weighted by Gasteiger charge is -2.20. The highest BCUT2D eigenvalue weighted by Crippen LogP contribution is 2.17. The number of benzene rings is 1. The molecule has 0 bridgehead atoms. The van der Waals surface area contributed by atoms with E-state index in [0.717, 1.165) is 0 Å². The Kier molecular flexibility index (Phi) is 4.92. The van der Waals surface area contributed by atoms with Crippen molar-refractivity contribution in [3.05, 3.63) is 29.3 Å². The van der Waals surface area contributed by atoms with Crippen LogP contribution in [0.3, 0.4) is 0 Å². The van der Waals surface area contributed by atoms with Gasteiger partial charge in [-0.05, 0) is 38.5 Å². The van der Waals surface area contributed by atoms with Gasteiger partial charge in [-0.2, -0.15) is 0 Å². The molecule has 19 heavy (non-hydrogen) atoms. The van der Waals surface area contributed by atoms with E-state index in [-0.39, 0.29) is 17.6 Å². The molecule has 0 radical (unpaired) electrons. The summed E-state index contributed by atoms with van der Waals surface area (Å²) in [6.07, 6.45) is 0. The van der Waals surface area contributed by atoms with Gasteiger partial charge in [0.25, 0.3) is 5.91 Å². The monoisotopic (exact) mass is 264 g/mol. The number of aryl methyl sites for hydroxylation is 1. The number of rotatable bonds is 4.